The molecular weight excluding hydrogens is 318 g/mol. The van der Waals surface area contributed by atoms with Crippen molar-refractivity contribution in [1.82, 2.24) is 9.78 Å². The maximum absolute atomic E-state index is 11.6. The first kappa shape index (κ1) is 14.8. The van der Waals surface area contributed by atoms with Gasteiger partial charge in [0.05, 0.1) is 5.69 Å². The minimum atomic E-state index is 0.0101. The van der Waals surface area contributed by atoms with Crippen molar-refractivity contribution in [2.45, 2.75) is 11.8 Å². The number of ketones is 1. The van der Waals surface area contributed by atoms with E-state index >= 15 is 0 Å². The Morgan fingerprint density at radius 2 is 1.88 bits per heavy atom. The molecule has 0 bridgehead atoms. The van der Waals surface area contributed by atoms with Crippen LogP contribution in [-0.4, -0.2) is 15.6 Å². The van der Waals surface area contributed by atoms with Crippen molar-refractivity contribution in [2.24, 2.45) is 0 Å². The summed E-state index contributed by atoms with van der Waals surface area (Å²) in [5.41, 5.74) is 3.08. The number of para-hydroxylation sites is 1. The predicted octanol–water partition coefficient (Wildman–Crippen LogP) is 4.79. The van der Waals surface area contributed by atoms with E-state index in [9.17, 15) is 4.79 Å². The summed E-state index contributed by atoms with van der Waals surface area (Å²) in [4.78, 5) is 12.7. The Balaban J connectivity index is 1.81. The van der Waals surface area contributed by atoms with Gasteiger partial charge in [0.1, 0.15) is 5.03 Å². The van der Waals surface area contributed by atoms with Gasteiger partial charge in [0.15, 0.2) is 11.6 Å². The monoisotopic (exact) mass is 333 g/mol. The molecule has 0 unspecified atom stereocenters. The molecule has 0 aliphatic carbocycles. The molecule has 118 valence electrons. The highest BCUT2D eigenvalue weighted by Crippen LogP contribution is 2.44. The number of carbonyl (C=O) groups excluding carboxylic acids is 1. The molecule has 1 aliphatic heterocycles. The third kappa shape index (κ3) is 2.74. The number of benzene rings is 2. The molecule has 24 heavy (non-hydrogen) atoms. The summed E-state index contributed by atoms with van der Waals surface area (Å²) in [6.45, 7) is 1.56. The first-order chi connectivity index (χ1) is 11.7. The SMILES string of the molecule is CC(=O)/C=C1/Sc2ccccc2-c2cc(Nc3ccccc3)nn21. The number of nitrogens with zero attached hydrogens (tertiary/aromatic N) is 2. The van der Waals surface area contributed by atoms with E-state index in [1.807, 2.05) is 53.2 Å². The van der Waals surface area contributed by atoms with Gasteiger partial charge in [-0.25, -0.2) is 4.68 Å². The number of hydrogen-bond donors (Lipinski definition) is 1. The van der Waals surface area contributed by atoms with E-state index in [2.05, 4.69) is 22.5 Å². The van der Waals surface area contributed by atoms with E-state index in [-0.39, 0.29) is 5.78 Å². The van der Waals surface area contributed by atoms with Gasteiger partial charge in [-0.3, -0.25) is 4.79 Å². The van der Waals surface area contributed by atoms with Gasteiger partial charge in [-0.15, -0.1) is 5.10 Å². The van der Waals surface area contributed by atoms with Crippen molar-refractivity contribution in [1.29, 1.82) is 0 Å². The lowest BCUT2D eigenvalue weighted by Gasteiger charge is -2.19. The molecule has 5 heteroatoms. The molecule has 0 fully saturated rings. The first-order valence-corrected chi connectivity index (χ1v) is 8.44. The Kier molecular flexibility index (Phi) is 3.70. The Labute approximate surface area is 144 Å². The standard InChI is InChI=1S/C19H15N3OS/c1-13(23)11-19-22-16(15-9-5-6-10-17(15)24-19)12-18(21-22)20-14-7-3-2-4-8-14/h2-12H,1H3,(H,20,21)/b19-11+. The van der Waals surface area contributed by atoms with Crippen LogP contribution < -0.4 is 5.32 Å². The topological polar surface area (TPSA) is 46.9 Å². The number of fused-ring (bicyclic) bond motifs is 3. The molecule has 1 aromatic heterocycles. The number of rotatable bonds is 3. The van der Waals surface area contributed by atoms with Crippen LogP contribution in [0.3, 0.4) is 0 Å². The second kappa shape index (κ2) is 6.02. The Hall–Kier alpha value is -2.79. The highest BCUT2D eigenvalue weighted by Gasteiger charge is 2.23. The molecule has 1 aliphatic rings. The number of allylic oxidation sites excluding steroid dienone is 1. The molecule has 4 nitrogen and oxygen atoms in total. The number of thioether (sulfide) groups is 1. The molecule has 1 N–H and O–H groups in total. The number of hydrogen-bond acceptors (Lipinski definition) is 4. The lowest BCUT2D eigenvalue weighted by atomic mass is 10.1. The lowest BCUT2D eigenvalue weighted by molar-refractivity contribution is -0.112. The van der Waals surface area contributed by atoms with Crippen LogP contribution in [0, 0.1) is 0 Å². The molecule has 0 amide bonds. The zero-order valence-electron chi connectivity index (χ0n) is 13.1. The van der Waals surface area contributed by atoms with Gasteiger partial charge in [-0.2, -0.15) is 0 Å². The van der Waals surface area contributed by atoms with Gasteiger partial charge in [0, 0.05) is 28.3 Å². The van der Waals surface area contributed by atoms with Crippen LogP contribution in [0.4, 0.5) is 11.5 Å². The van der Waals surface area contributed by atoms with Crippen molar-refractivity contribution in [3.05, 3.63) is 66.7 Å². The molecule has 0 atom stereocenters. The summed E-state index contributed by atoms with van der Waals surface area (Å²) in [7, 11) is 0. The first-order valence-electron chi connectivity index (χ1n) is 7.63. The van der Waals surface area contributed by atoms with Crippen LogP contribution in [0.25, 0.3) is 16.3 Å². The van der Waals surface area contributed by atoms with Gasteiger partial charge in [0.25, 0.3) is 0 Å². The summed E-state index contributed by atoms with van der Waals surface area (Å²) in [5, 5.41) is 8.77. The quantitative estimate of drug-likeness (QED) is 0.700. The van der Waals surface area contributed by atoms with Gasteiger partial charge in [-0.05, 0) is 25.1 Å². The highest BCUT2D eigenvalue weighted by atomic mass is 32.2. The summed E-state index contributed by atoms with van der Waals surface area (Å²) in [6, 6.07) is 20.1. The molecule has 2 heterocycles. The van der Waals surface area contributed by atoms with E-state index in [0.717, 1.165) is 32.7 Å². The van der Waals surface area contributed by atoms with E-state index in [0.29, 0.717) is 0 Å². The maximum Gasteiger partial charge on any atom is 0.155 e. The molecule has 0 saturated carbocycles. The summed E-state index contributed by atoms with van der Waals surface area (Å²) in [6.07, 6.45) is 1.63. The predicted molar refractivity (Wildman–Crippen MR) is 98.2 cm³/mol. The van der Waals surface area contributed by atoms with Gasteiger partial charge >= 0.3 is 0 Å². The summed E-state index contributed by atoms with van der Waals surface area (Å²) < 4.78 is 1.83. The molecule has 3 aromatic rings. The van der Waals surface area contributed by atoms with Crippen LogP contribution in [-0.2, 0) is 4.79 Å². The number of anilines is 2. The van der Waals surface area contributed by atoms with Gasteiger partial charge in [0.2, 0.25) is 0 Å². The maximum atomic E-state index is 11.6. The lowest BCUT2D eigenvalue weighted by Crippen LogP contribution is -2.06. The molecule has 0 spiro atoms. The van der Waals surface area contributed by atoms with Crippen LogP contribution >= 0.6 is 11.8 Å². The number of aromatic nitrogens is 2. The molecule has 0 saturated heterocycles. The summed E-state index contributed by atoms with van der Waals surface area (Å²) in [5.74, 6) is 0.763. The smallest absolute Gasteiger partial charge is 0.155 e. The Morgan fingerprint density at radius 3 is 2.67 bits per heavy atom. The fourth-order valence-corrected chi connectivity index (χ4v) is 3.76. The van der Waals surface area contributed by atoms with E-state index < -0.39 is 0 Å². The van der Waals surface area contributed by atoms with E-state index in [4.69, 9.17) is 0 Å². The third-order valence-electron chi connectivity index (χ3n) is 3.67. The van der Waals surface area contributed by atoms with Crippen molar-refractivity contribution in [2.75, 3.05) is 5.32 Å². The summed E-state index contributed by atoms with van der Waals surface area (Å²) >= 11 is 1.56. The van der Waals surface area contributed by atoms with Crippen LogP contribution in [0.2, 0.25) is 0 Å². The van der Waals surface area contributed by atoms with Crippen molar-refractivity contribution in [3.63, 3.8) is 0 Å². The Bertz CT molecular complexity index is 944. The number of carbonyl (C=O) groups is 1. The van der Waals surface area contributed by atoms with E-state index in [1.165, 1.54) is 0 Å². The molecule has 2 aromatic carbocycles. The molecular formula is C19H15N3OS. The van der Waals surface area contributed by atoms with Crippen LogP contribution in [0.1, 0.15) is 6.92 Å². The highest BCUT2D eigenvalue weighted by molar-refractivity contribution is 8.08. The largest absolute Gasteiger partial charge is 0.339 e. The zero-order chi connectivity index (χ0) is 16.5. The fourth-order valence-electron chi connectivity index (χ4n) is 2.66. The second-order valence-electron chi connectivity index (χ2n) is 5.51. The Morgan fingerprint density at radius 1 is 1.12 bits per heavy atom. The molecule has 0 radical (unpaired) electrons. The van der Waals surface area contributed by atoms with E-state index in [1.54, 1.807) is 24.8 Å². The van der Waals surface area contributed by atoms with Gasteiger partial charge in [-0.1, -0.05) is 48.2 Å². The van der Waals surface area contributed by atoms with Gasteiger partial charge < -0.3 is 5.32 Å². The second-order valence-corrected chi connectivity index (χ2v) is 6.57. The van der Waals surface area contributed by atoms with Crippen molar-refractivity contribution < 1.29 is 4.79 Å². The zero-order valence-corrected chi connectivity index (χ0v) is 13.9. The normalized spacial score (nSPS) is 14.1. The average molecular weight is 333 g/mol. The van der Waals surface area contributed by atoms with Crippen LogP contribution in [0.5, 0.6) is 0 Å². The fraction of sp³-hybridized carbons (Fsp3) is 0.0526. The number of nitrogens with one attached hydrogen (secondary N) is 1. The van der Waals surface area contributed by atoms with Crippen molar-refractivity contribution in [3.8, 4) is 11.3 Å². The van der Waals surface area contributed by atoms with Crippen molar-refractivity contribution >= 4 is 34.1 Å². The third-order valence-corrected chi connectivity index (χ3v) is 4.74. The minimum Gasteiger partial charge on any atom is -0.339 e. The molecule has 4 rings (SSSR count). The van der Waals surface area contributed by atoms with Crippen LogP contribution in [0.15, 0.2) is 71.6 Å². The minimum absolute atomic E-state index is 0.0101. The average Bonchev–Trinajstić information content (AvgIpc) is 3.00.